The number of unbranched alkanes of at least 4 members (excludes halogenated alkanes) is 31. The Labute approximate surface area is 568 Å². The van der Waals surface area contributed by atoms with Crippen LogP contribution in [-0.2, 0) is 66.6 Å². The SMILES string of the molecule is CCCCCCCCCCCCCC(=O)NC(CCC(=O)OCC(COC(=O)CCCCCCCCCCCCC)OC(=O)CCCCCCCCCCCCC)C(=O)NCCCN(CCCCN(CCCNC(=O)OCCOC)C(=O)OCCOC)C(=O)OCCOC. The van der Waals surface area contributed by atoms with E-state index in [4.69, 9.17) is 42.6 Å². The summed E-state index contributed by atoms with van der Waals surface area (Å²) in [4.78, 5) is 108. The first-order chi connectivity index (χ1) is 45.8. The molecule has 5 amide bonds. The summed E-state index contributed by atoms with van der Waals surface area (Å²) in [5.74, 6) is -2.37. The van der Waals surface area contributed by atoms with E-state index in [1.54, 1.807) is 0 Å². The predicted octanol–water partition coefficient (Wildman–Crippen LogP) is 14.6. The number of nitrogens with zero attached hydrogens (tertiary/aromatic N) is 2. The largest absolute Gasteiger partial charge is 0.462 e. The van der Waals surface area contributed by atoms with Crippen molar-refractivity contribution in [1.82, 2.24) is 25.8 Å². The first kappa shape index (κ1) is 89.0. The standard InChI is InChI=1S/C72H135N5O17/c1-7-10-13-16-19-22-25-28-31-34-37-44-65(78)75-64(69(82)73-49-42-53-76(71(84)90-59-56-87-5)51-40-41-52-77(72(85)91-60-57-88-6)54-43-50-74-70(83)89-58-55-86-4)47-48-67(80)93-62-63(94-68(81)46-39-36-33-30-27-24-21-18-15-12-9-3)61-92-66(79)45-38-35-32-29-26-23-20-17-14-11-8-2/h63-64H,7-62H2,1-6H3,(H,73,82)(H,74,83)(H,75,78). The van der Waals surface area contributed by atoms with E-state index in [9.17, 15) is 38.4 Å². The number of nitrogens with one attached hydrogen (secondary N) is 3. The third-order valence-corrected chi connectivity index (χ3v) is 16.4. The zero-order chi connectivity index (χ0) is 69.0. The van der Waals surface area contributed by atoms with Gasteiger partial charge in [-0.2, -0.15) is 0 Å². The molecule has 94 heavy (non-hydrogen) atoms. The molecule has 0 saturated carbocycles. The van der Waals surface area contributed by atoms with Crippen LogP contribution in [0.25, 0.3) is 0 Å². The summed E-state index contributed by atoms with van der Waals surface area (Å²) in [7, 11) is 4.51. The molecule has 3 N–H and O–H groups in total. The fraction of sp³-hybridized carbons (Fsp3) is 0.889. The lowest BCUT2D eigenvalue weighted by Crippen LogP contribution is -2.47. The Hall–Kier alpha value is -4.96. The summed E-state index contributed by atoms with van der Waals surface area (Å²) in [5, 5.41) is 8.40. The Bertz CT molecular complexity index is 1850. The molecule has 2 atom stereocenters. The molecule has 0 aromatic carbocycles. The van der Waals surface area contributed by atoms with Gasteiger partial charge in [-0.3, -0.25) is 24.0 Å². The molecular formula is C72H135N5O17. The van der Waals surface area contributed by atoms with Gasteiger partial charge in [-0.1, -0.05) is 213 Å². The molecular weight excluding hydrogens is 1210 g/mol. The second kappa shape index (κ2) is 68.0. The monoisotopic (exact) mass is 1340 g/mol. The van der Waals surface area contributed by atoms with Gasteiger partial charge < -0.3 is 68.4 Å². The molecule has 0 rings (SSSR count). The van der Waals surface area contributed by atoms with Crippen LogP contribution < -0.4 is 16.0 Å². The number of amides is 5. The molecule has 0 saturated heterocycles. The van der Waals surface area contributed by atoms with Crippen molar-refractivity contribution in [3.63, 3.8) is 0 Å². The highest BCUT2D eigenvalue weighted by Gasteiger charge is 2.25. The summed E-state index contributed by atoms with van der Waals surface area (Å²) in [6.45, 7) is 8.35. The maximum atomic E-state index is 14.0. The van der Waals surface area contributed by atoms with Crippen molar-refractivity contribution in [3.8, 4) is 0 Å². The molecule has 2 unspecified atom stereocenters. The summed E-state index contributed by atoms with van der Waals surface area (Å²) in [6, 6.07) is -1.09. The number of rotatable bonds is 68. The molecule has 0 spiro atoms. The Morgan fingerprint density at radius 2 is 0.681 bits per heavy atom. The van der Waals surface area contributed by atoms with E-state index < -0.39 is 54.2 Å². The number of alkyl carbamates (subject to hydrolysis) is 1. The van der Waals surface area contributed by atoms with Crippen molar-refractivity contribution in [2.24, 2.45) is 0 Å². The minimum Gasteiger partial charge on any atom is -0.462 e. The van der Waals surface area contributed by atoms with Crippen LogP contribution in [0.3, 0.4) is 0 Å². The highest BCUT2D eigenvalue weighted by Crippen LogP contribution is 2.17. The third-order valence-electron chi connectivity index (χ3n) is 16.4. The van der Waals surface area contributed by atoms with Crippen molar-refractivity contribution in [2.75, 3.05) is 113 Å². The number of esters is 3. The molecule has 0 aromatic heterocycles. The van der Waals surface area contributed by atoms with Crippen LogP contribution in [0.15, 0.2) is 0 Å². The van der Waals surface area contributed by atoms with Gasteiger partial charge in [-0.15, -0.1) is 0 Å². The van der Waals surface area contributed by atoms with Gasteiger partial charge in [0, 0.05) is 86.3 Å². The maximum Gasteiger partial charge on any atom is 0.409 e. The van der Waals surface area contributed by atoms with Gasteiger partial charge in [-0.25, -0.2) is 14.4 Å². The van der Waals surface area contributed by atoms with E-state index in [2.05, 4.69) is 36.7 Å². The van der Waals surface area contributed by atoms with Crippen LogP contribution in [0.2, 0.25) is 0 Å². The fourth-order valence-electron chi connectivity index (χ4n) is 10.6. The van der Waals surface area contributed by atoms with E-state index in [1.165, 1.54) is 166 Å². The van der Waals surface area contributed by atoms with Crippen LogP contribution in [0.4, 0.5) is 14.4 Å². The average molecular weight is 1340 g/mol. The molecule has 22 heteroatoms. The second-order valence-corrected chi connectivity index (χ2v) is 24.9. The molecule has 0 radical (unpaired) electrons. The van der Waals surface area contributed by atoms with Crippen LogP contribution in [0.5, 0.6) is 0 Å². The molecule has 0 bridgehead atoms. The molecule has 550 valence electrons. The molecule has 0 heterocycles. The molecule has 0 aromatic rings. The van der Waals surface area contributed by atoms with Crippen molar-refractivity contribution in [1.29, 1.82) is 0 Å². The van der Waals surface area contributed by atoms with E-state index in [0.29, 0.717) is 51.5 Å². The highest BCUT2D eigenvalue weighted by atomic mass is 16.6. The molecule has 22 nitrogen and oxygen atoms in total. The highest BCUT2D eigenvalue weighted by molar-refractivity contribution is 5.88. The van der Waals surface area contributed by atoms with Gasteiger partial charge in [0.2, 0.25) is 11.8 Å². The van der Waals surface area contributed by atoms with Gasteiger partial charge in [-0.05, 0) is 51.4 Å². The zero-order valence-corrected chi connectivity index (χ0v) is 60.1. The van der Waals surface area contributed by atoms with Gasteiger partial charge in [0.15, 0.2) is 6.10 Å². The van der Waals surface area contributed by atoms with Crippen molar-refractivity contribution in [3.05, 3.63) is 0 Å². The van der Waals surface area contributed by atoms with Crippen molar-refractivity contribution < 1.29 is 81.0 Å². The Morgan fingerprint density at radius 3 is 1.09 bits per heavy atom. The number of carbonyl (C=O) groups is 8. The number of hydrogen-bond acceptors (Lipinski definition) is 17. The lowest BCUT2D eigenvalue weighted by atomic mass is 10.0. The van der Waals surface area contributed by atoms with Gasteiger partial charge >= 0.3 is 36.2 Å². The van der Waals surface area contributed by atoms with Crippen molar-refractivity contribution >= 4 is 48.0 Å². The number of carbonyl (C=O) groups excluding carboxylic acids is 8. The quantitative estimate of drug-likeness (QED) is 0.0290. The smallest absolute Gasteiger partial charge is 0.409 e. The summed E-state index contributed by atoms with van der Waals surface area (Å²) >= 11 is 0. The van der Waals surface area contributed by atoms with Gasteiger partial charge in [0.05, 0.1) is 19.8 Å². The zero-order valence-electron chi connectivity index (χ0n) is 60.1. The molecule has 0 aliphatic carbocycles. The normalized spacial score (nSPS) is 11.7. The lowest BCUT2D eigenvalue weighted by Gasteiger charge is -2.25. The lowest BCUT2D eigenvalue weighted by molar-refractivity contribution is -0.167. The number of ether oxygens (including phenoxy) is 9. The predicted molar refractivity (Wildman–Crippen MR) is 368 cm³/mol. The van der Waals surface area contributed by atoms with Crippen LogP contribution in [-0.4, -0.2) is 183 Å². The van der Waals surface area contributed by atoms with Crippen LogP contribution >= 0.6 is 0 Å². The topological polar surface area (TPSA) is 262 Å². The molecule has 0 fully saturated rings. The maximum absolute atomic E-state index is 14.0. The van der Waals surface area contributed by atoms with Crippen LogP contribution in [0, 0.1) is 0 Å². The third kappa shape index (κ3) is 58.4. The summed E-state index contributed by atoms with van der Waals surface area (Å²) in [6.07, 6.45) is 36.8. The van der Waals surface area contributed by atoms with Crippen LogP contribution in [0.1, 0.15) is 290 Å². The summed E-state index contributed by atoms with van der Waals surface area (Å²) < 4.78 is 48.0. The minimum absolute atomic E-state index is 0.0267. The number of methoxy groups -OCH3 is 3. The van der Waals surface area contributed by atoms with E-state index in [0.717, 1.165) is 57.8 Å². The van der Waals surface area contributed by atoms with E-state index in [-0.39, 0.29) is 124 Å². The first-order valence-corrected chi connectivity index (χ1v) is 37.1. The van der Waals surface area contributed by atoms with Gasteiger partial charge in [0.25, 0.3) is 0 Å². The summed E-state index contributed by atoms with van der Waals surface area (Å²) in [5.41, 5.74) is 0. The second-order valence-electron chi connectivity index (χ2n) is 24.9. The average Bonchev–Trinajstić information content (AvgIpc) is 2.05. The van der Waals surface area contributed by atoms with Crippen molar-refractivity contribution in [2.45, 2.75) is 303 Å². The molecule has 0 aliphatic rings. The minimum atomic E-state index is -1.09. The van der Waals surface area contributed by atoms with E-state index in [1.807, 2.05) is 0 Å². The fourth-order valence-corrected chi connectivity index (χ4v) is 10.6. The first-order valence-electron chi connectivity index (χ1n) is 37.1. The van der Waals surface area contributed by atoms with E-state index >= 15 is 0 Å². The number of hydrogen-bond donors (Lipinski definition) is 3. The Kier molecular flexibility index (Phi) is 64.4. The Morgan fingerprint density at radius 1 is 0.340 bits per heavy atom. The Balaban J connectivity index is 5.92. The van der Waals surface area contributed by atoms with Gasteiger partial charge in [0.1, 0.15) is 39.1 Å². The molecule has 0 aliphatic heterocycles.